The number of aromatic nitrogens is 2. The highest BCUT2D eigenvalue weighted by molar-refractivity contribution is 6.30. The molecule has 0 atom stereocenters. The van der Waals surface area contributed by atoms with E-state index in [4.69, 9.17) is 16.3 Å². The SMILES string of the molecule is CCOC(=O)c1cn2c(nc1=O)N(c1cccc(Cl)c1)CC2. The molecule has 7 heteroatoms. The van der Waals surface area contributed by atoms with E-state index in [9.17, 15) is 9.59 Å². The highest BCUT2D eigenvalue weighted by atomic mass is 35.5. The van der Waals surface area contributed by atoms with Gasteiger partial charge in [0, 0.05) is 30.0 Å². The molecule has 0 radical (unpaired) electrons. The van der Waals surface area contributed by atoms with Gasteiger partial charge in [0.15, 0.2) is 0 Å². The second-order valence-electron chi connectivity index (χ2n) is 4.81. The van der Waals surface area contributed by atoms with Gasteiger partial charge >= 0.3 is 5.97 Å². The van der Waals surface area contributed by atoms with Crippen LogP contribution in [-0.4, -0.2) is 28.7 Å². The minimum Gasteiger partial charge on any atom is -0.462 e. The third kappa shape index (κ3) is 2.57. The van der Waals surface area contributed by atoms with Crippen LogP contribution in [0.4, 0.5) is 11.6 Å². The Morgan fingerprint density at radius 3 is 2.95 bits per heavy atom. The maximum Gasteiger partial charge on any atom is 0.345 e. The average Bonchev–Trinajstić information content (AvgIpc) is 2.89. The summed E-state index contributed by atoms with van der Waals surface area (Å²) in [7, 11) is 0. The first kappa shape index (κ1) is 14.6. The van der Waals surface area contributed by atoms with Crippen LogP contribution in [0.5, 0.6) is 0 Å². The van der Waals surface area contributed by atoms with Crippen LogP contribution in [-0.2, 0) is 11.3 Å². The van der Waals surface area contributed by atoms with Gasteiger partial charge in [-0.1, -0.05) is 17.7 Å². The quantitative estimate of drug-likeness (QED) is 0.812. The number of fused-ring (bicyclic) bond motifs is 1. The predicted molar refractivity (Wildman–Crippen MR) is 82.9 cm³/mol. The molecule has 0 saturated heterocycles. The Morgan fingerprint density at radius 2 is 2.23 bits per heavy atom. The molecule has 3 rings (SSSR count). The third-order valence-electron chi connectivity index (χ3n) is 3.39. The summed E-state index contributed by atoms with van der Waals surface area (Å²) in [5, 5.41) is 0.612. The van der Waals surface area contributed by atoms with E-state index in [2.05, 4.69) is 4.98 Å². The number of hydrogen-bond acceptors (Lipinski definition) is 5. The molecule has 2 aromatic rings. The second-order valence-corrected chi connectivity index (χ2v) is 5.24. The molecule has 2 heterocycles. The van der Waals surface area contributed by atoms with E-state index in [1.54, 1.807) is 17.6 Å². The molecule has 0 saturated carbocycles. The van der Waals surface area contributed by atoms with Crippen LogP contribution in [0.1, 0.15) is 17.3 Å². The molecule has 1 aromatic carbocycles. The summed E-state index contributed by atoms with van der Waals surface area (Å²) >= 11 is 6.01. The van der Waals surface area contributed by atoms with Gasteiger partial charge in [-0.2, -0.15) is 4.98 Å². The van der Waals surface area contributed by atoms with E-state index in [0.29, 0.717) is 24.1 Å². The van der Waals surface area contributed by atoms with Crippen molar-refractivity contribution in [3.05, 3.63) is 51.4 Å². The van der Waals surface area contributed by atoms with E-state index in [-0.39, 0.29) is 12.2 Å². The first-order valence-corrected chi connectivity index (χ1v) is 7.29. The molecule has 1 aliphatic rings. The van der Waals surface area contributed by atoms with Crippen molar-refractivity contribution in [3.63, 3.8) is 0 Å². The fourth-order valence-electron chi connectivity index (χ4n) is 2.41. The summed E-state index contributed by atoms with van der Waals surface area (Å²) in [5.74, 6) is -0.142. The number of carbonyl (C=O) groups excluding carboxylic acids is 1. The topological polar surface area (TPSA) is 64.4 Å². The zero-order valence-corrected chi connectivity index (χ0v) is 12.7. The number of rotatable bonds is 3. The molecule has 0 amide bonds. The minimum absolute atomic E-state index is 0.0430. The Hall–Kier alpha value is -2.34. The molecule has 1 aliphatic heterocycles. The lowest BCUT2D eigenvalue weighted by Gasteiger charge is -2.17. The van der Waals surface area contributed by atoms with Gasteiger partial charge in [-0.15, -0.1) is 0 Å². The largest absolute Gasteiger partial charge is 0.462 e. The van der Waals surface area contributed by atoms with Crippen LogP contribution in [0, 0.1) is 0 Å². The average molecular weight is 320 g/mol. The van der Waals surface area contributed by atoms with Crippen molar-refractivity contribution >= 4 is 29.2 Å². The van der Waals surface area contributed by atoms with E-state index in [1.807, 2.05) is 23.1 Å². The molecule has 0 spiro atoms. The predicted octanol–water partition coefficient (Wildman–Crippen LogP) is 2.23. The van der Waals surface area contributed by atoms with Gasteiger partial charge in [0.2, 0.25) is 5.95 Å². The van der Waals surface area contributed by atoms with Crippen molar-refractivity contribution in [2.75, 3.05) is 18.1 Å². The minimum atomic E-state index is -0.642. The summed E-state index contributed by atoms with van der Waals surface area (Å²) in [4.78, 5) is 29.7. The Balaban J connectivity index is 2.01. The van der Waals surface area contributed by atoms with Crippen molar-refractivity contribution in [1.29, 1.82) is 0 Å². The second kappa shape index (κ2) is 5.81. The molecule has 6 nitrogen and oxygen atoms in total. The van der Waals surface area contributed by atoms with Gasteiger partial charge in [0.1, 0.15) is 5.56 Å². The van der Waals surface area contributed by atoms with Crippen LogP contribution < -0.4 is 10.5 Å². The van der Waals surface area contributed by atoms with Crippen LogP contribution in [0.2, 0.25) is 5.02 Å². The van der Waals surface area contributed by atoms with Gasteiger partial charge in [-0.25, -0.2) is 4.79 Å². The normalized spacial score (nSPS) is 13.1. The Bertz CT molecular complexity index is 788. The summed E-state index contributed by atoms with van der Waals surface area (Å²) in [6.07, 6.45) is 1.51. The van der Waals surface area contributed by atoms with E-state index < -0.39 is 11.5 Å². The first-order chi connectivity index (χ1) is 10.6. The fraction of sp³-hybridized carbons (Fsp3) is 0.267. The van der Waals surface area contributed by atoms with Gasteiger partial charge in [-0.05, 0) is 25.1 Å². The number of halogens is 1. The van der Waals surface area contributed by atoms with Crippen molar-refractivity contribution in [2.45, 2.75) is 13.5 Å². The summed E-state index contributed by atoms with van der Waals surface area (Å²) in [6, 6.07) is 7.33. The highest BCUT2D eigenvalue weighted by Crippen LogP contribution is 2.29. The Labute approximate surface area is 131 Å². The summed E-state index contributed by atoms with van der Waals surface area (Å²) in [6.45, 7) is 3.19. The lowest BCUT2D eigenvalue weighted by atomic mass is 10.3. The maximum atomic E-state index is 12.1. The van der Waals surface area contributed by atoms with Gasteiger partial charge in [-0.3, -0.25) is 4.79 Å². The molecule has 0 aliphatic carbocycles. The van der Waals surface area contributed by atoms with Crippen molar-refractivity contribution in [1.82, 2.24) is 9.55 Å². The molecule has 0 fully saturated rings. The Morgan fingerprint density at radius 1 is 1.41 bits per heavy atom. The smallest absolute Gasteiger partial charge is 0.345 e. The fourth-order valence-corrected chi connectivity index (χ4v) is 2.59. The molecular weight excluding hydrogens is 306 g/mol. The van der Waals surface area contributed by atoms with Crippen LogP contribution in [0.25, 0.3) is 0 Å². The van der Waals surface area contributed by atoms with E-state index >= 15 is 0 Å². The zero-order chi connectivity index (χ0) is 15.7. The number of anilines is 2. The standard InChI is InChI=1S/C15H14ClN3O3/c1-2-22-14(21)12-9-18-6-7-19(15(18)17-13(12)20)11-5-3-4-10(16)8-11/h3-5,8-9H,2,6-7H2,1H3. The van der Waals surface area contributed by atoms with Gasteiger partial charge < -0.3 is 14.2 Å². The number of ether oxygens (including phenoxy) is 1. The number of hydrogen-bond donors (Lipinski definition) is 0. The molecule has 114 valence electrons. The third-order valence-corrected chi connectivity index (χ3v) is 3.63. The lowest BCUT2D eigenvalue weighted by Crippen LogP contribution is -2.24. The van der Waals surface area contributed by atoms with E-state index in [1.165, 1.54) is 6.20 Å². The number of esters is 1. The van der Waals surface area contributed by atoms with Crippen molar-refractivity contribution in [2.24, 2.45) is 0 Å². The molecule has 0 unspecified atom stereocenters. The maximum absolute atomic E-state index is 12.1. The number of nitrogens with zero attached hydrogens (tertiary/aromatic N) is 3. The van der Waals surface area contributed by atoms with Crippen LogP contribution in [0.15, 0.2) is 35.3 Å². The number of carbonyl (C=O) groups is 1. The zero-order valence-electron chi connectivity index (χ0n) is 12.0. The monoisotopic (exact) mass is 319 g/mol. The van der Waals surface area contributed by atoms with Crippen LogP contribution >= 0.6 is 11.6 Å². The van der Waals surface area contributed by atoms with Gasteiger partial charge in [0.25, 0.3) is 5.56 Å². The van der Waals surface area contributed by atoms with Gasteiger partial charge in [0.05, 0.1) is 6.61 Å². The molecule has 1 aromatic heterocycles. The molecule has 0 N–H and O–H groups in total. The molecular formula is C15H14ClN3O3. The highest BCUT2D eigenvalue weighted by Gasteiger charge is 2.25. The lowest BCUT2D eigenvalue weighted by molar-refractivity contribution is 0.0523. The Kier molecular flexibility index (Phi) is 3.85. The molecule has 0 bridgehead atoms. The van der Waals surface area contributed by atoms with Crippen molar-refractivity contribution in [3.8, 4) is 0 Å². The first-order valence-electron chi connectivity index (χ1n) is 6.92. The number of benzene rings is 1. The summed E-state index contributed by atoms with van der Waals surface area (Å²) < 4.78 is 6.64. The van der Waals surface area contributed by atoms with E-state index in [0.717, 1.165) is 5.69 Å². The van der Waals surface area contributed by atoms with Crippen LogP contribution in [0.3, 0.4) is 0 Å². The summed E-state index contributed by atoms with van der Waals surface area (Å²) in [5.41, 5.74) is 0.228. The molecule has 22 heavy (non-hydrogen) atoms. The van der Waals surface area contributed by atoms with Crippen molar-refractivity contribution < 1.29 is 9.53 Å².